The van der Waals surface area contributed by atoms with E-state index in [4.69, 9.17) is 0 Å². The third-order valence-corrected chi connectivity index (χ3v) is 4.36. The van der Waals surface area contributed by atoms with Crippen molar-refractivity contribution in [1.82, 2.24) is 9.80 Å². The van der Waals surface area contributed by atoms with Gasteiger partial charge in [-0.1, -0.05) is 32.0 Å². The van der Waals surface area contributed by atoms with Crippen molar-refractivity contribution in [3.05, 3.63) is 30.3 Å². The van der Waals surface area contributed by atoms with Gasteiger partial charge in [0.15, 0.2) is 0 Å². The number of benzene rings is 1. The van der Waals surface area contributed by atoms with Gasteiger partial charge < -0.3 is 15.1 Å². The zero-order chi connectivity index (χ0) is 15.1. The Morgan fingerprint density at radius 1 is 1.19 bits per heavy atom. The molecule has 1 saturated heterocycles. The Hall–Kier alpha value is -1.55. The molecule has 0 aliphatic carbocycles. The summed E-state index contributed by atoms with van der Waals surface area (Å²) in [6, 6.07) is 10.5. The van der Waals surface area contributed by atoms with Crippen LogP contribution in [0.15, 0.2) is 30.3 Å². The first-order valence-corrected chi connectivity index (χ1v) is 8.05. The Labute approximate surface area is 128 Å². The molecule has 116 valence electrons. The standard InChI is InChI=1S/C17H27N3O/c1-3-19(4-2)16-10-12-20(13-11-16)17(21)14-18-15-8-6-5-7-9-15/h5-9,16,18H,3-4,10-14H2,1-2H3. The fraction of sp³-hybridized carbons (Fsp3) is 0.588. The van der Waals surface area contributed by atoms with Crippen molar-refractivity contribution in [1.29, 1.82) is 0 Å². The summed E-state index contributed by atoms with van der Waals surface area (Å²) in [6.07, 6.45) is 2.19. The van der Waals surface area contributed by atoms with Gasteiger partial charge in [0.2, 0.25) is 5.91 Å². The zero-order valence-corrected chi connectivity index (χ0v) is 13.2. The maximum atomic E-state index is 12.2. The number of para-hydroxylation sites is 1. The Morgan fingerprint density at radius 2 is 1.81 bits per heavy atom. The molecule has 1 aromatic rings. The number of nitrogens with one attached hydrogen (secondary N) is 1. The third kappa shape index (κ3) is 4.46. The van der Waals surface area contributed by atoms with Gasteiger partial charge in [-0.3, -0.25) is 4.79 Å². The van der Waals surface area contributed by atoms with Crippen molar-refractivity contribution in [2.75, 3.05) is 38.0 Å². The molecular formula is C17H27N3O. The topological polar surface area (TPSA) is 35.6 Å². The Kier molecular flexibility index (Phi) is 6.05. The number of hydrogen-bond donors (Lipinski definition) is 1. The van der Waals surface area contributed by atoms with Gasteiger partial charge in [-0.2, -0.15) is 0 Å². The minimum atomic E-state index is 0.205. The van der Waals surface area contributed by atoms with Crippen LogP contribution in [0.3, 0.4) is 0 Å². The molecule has 1 amide bonds. The van der Waals surface area contributed by atoms with E-state index in [1.54, 1.807) is 0 Å². The molecule has 1 heterocycles. The Balaban J connectivity index is 1.75. The Bertz CT molecular complexity index is 423. The van der Waals surface area contributed by atoms with E-state index in [-0.39, 0.29) is 5.91 Å². The van der Waals surface area contributed by atoms with E-state index in [1.165, 1.54) is 0 Å². The summed E-state index contributed by atoms with van der Waals surface area (Å²) in [5, 5.41) is 3.20. The number of carbonyl (C=O) groups is 1. The molecule has 0 aromatic heterocycles. The van der Waals surface area contributed by atoms with Crippen LogP contribution in [0, 0.1) is 0 Å². The summed E-state index contributed by atoms with van der Waals surface area (Å²) in [7, 11) is 0. The van der Waals surface area contributed by atoms with Crippen molar-refractivity contribution in [3.8, 4) is 0 Å². The molecule has 1 aliphatic rings. The number of hydrogen-bond acceptors (Lipinski definition) is 3. The van der Waals surface area contributed by atoms with Crippen LogP contribution < -0.4 is 5.32 Å². The largest absolute Gasteiger partial charge is 0.376 e. The molecule has 1 aliphatic heterocycles. The number of rotatable bonds is 6. The number of carbonyl (C=O) groups excluding carboxylic acids is 1. The van der Waals surface area contributed by atoms with Crippen molar-refractivity contribution < 1.29 is 4.79 Å². The van der Waals surface area contributed by atoms with E-state index in [9.17, 15) is 4.79 Å². The van der Waals surface area contributed by atoms with E-state index in [0.717, 1.165) is 44.7 Å². The molecule has 21 heavy (non-hydrogen) atoms. The molecule has 0 saturated carbocycles. The quantitative estimate of drug-likeness (QED) is 0.873. The van der Waals surface area contributed by atoms with Crippen molar-refractivity contribution in [3.63, 3.8) is 0 Å². The SMILES string of the molecule is CCN(CC)C1CCN(C(=O)CNc2ccccc2)CC1. The van der Waals surface area contributed by atoms with Crippen LogP contribution in [0.4, 0.5) is 5.69 Å². The molecule has 0 bridgehead atoms. The van der Waals surface area contributed by atoms with Crippen LogP contribution in [0.5, 0.6) is 0 Å². The Morgan fingerprint density at radius 3 is 2.38 bits per heavy atom. The molecule has 4 heteroatoms. The molecule has 2 rings (SSSR count). The highest BCUT2D eigenvalue weighted by atomic mass is 16.2. The average molecular weight is 289 g/mol. The van der Waals surface area contributed by atoms with Gasteiger partial charge in [-0.05, 0) is 38.1 Å². The highest BCUT2D eigenvalue weighted by molar-refractivity contribution is 5.80. The van der Waals surface area contributed by atoms with Gasteiger partial charge in [0.1, 0.15) is 0 Å². The lowest BCUT2D eigenvalue weighted by Gasteiger charge is -2.37. The van der Waals surface area contributed by atoms with Gasteiger partial charge in [0.05, 0.1) is 6.54 Å². The van der Waals surface area contributed by atoms with E-state index < -0.39 is 0 Å². The summed E-state index contributed by atoms with van der Waals surface area (Å²) in [5.74, 6) is 0.205. The fourth-order valence-electron chi connectivity index (χ4n) is 3.07. The maximum absolute atomic E-state index is 12.2. The van der Waals surface area contributed by atoms with Gasteiger partial charge >= 0.3 is 0 Å². The zero-order valence-electron chi connectivity index (χ0n) is 13.2. The van der Waals surface area contributed by atoms with E-state index in [2.05, 4.69) is 24.1 Å². The fourth-order valence-corrected chi connectivity index (χ4v) is 3.07. The second-order valence-corrected chi connectivity index (χ2v) is 5.55. The third-order valence-electron chi connectivity index (χ3n) is 4.36. The average Bonchev–Trinajstić information content (AvgIpc) is 2.55. The molecule has 0 spiro atoms. The molecule has 1 N–H and O–H groups in total. The first-order valence-electron chi connectivity index (χ1n) is 8.05. The van der Waals surface area contributed by atoms with Gasteiger partial charge in [-0.25, -0.2) is 0 Å². The minimum absolute atomic E-state index is 0.205. The van der Waals surface area contributed by atoms with Crippen molar-refractivity contribution in [2.24, 2.45) is 0 Å². The lowest BCUT2D eigenvalue weighted by Crippen LogP contribution is -2.47. The second kappa shape index (κ2) is 8.03. The summed E-state index contributed by atoms with van der Waals surface area (Å²) in [5.41, 5.74) is 1.00. The van der Waals surface area contributed by atoms with Crippen LogP contribution in [0.2, 0.25) is 0 Å². The molecule has 0 atom stereocenters. The van der Waals surface area contributed by atoms with Gasteiger partial charge in [0, 0.05) is 24.8 Å². The number of piperidine rings is 1. The number of anilines is 1. The molecular weight excluding hydrogens is 262 g/mol. The van der Waals surface area contributed by atoms with Crippen LogP contribution in [0.1, 0.15) is 26.7 Å². The second-order valence-electron chi connectivity index (χ2n) is 5.55. The highest BCUT2D eigenvalue weighted by Crippen LogP contribution is 2.16. The maximum Gasteiger partial charge on any atom is 0.241 e. The normalized spacial score (nSPS) is 16.2. The number of likely N-dealkylation sites (tertiary alicyclic amines) is 1. The summed E-state index contributed by atoms with van der Waals surface area (Å²) in [4.78, 5) is 16.7. The highest BCUT2D eigenvalue weighted by Gasteiger charge is 2.25. The van der Waals surface area contributed by atoms with E-state index in [1.807, 2.05) is 35.2 Å². The van der Waals surface area contributed by atoms with Crippen molar-refractivity contribution >= 4 is 11.6 Å². The lowest BCUT2D eigenvalue weighted by molar-refractivity contribution is -0.130. The first-order chi connectivity index (χ1) is 10.2. The summed E-state index contributed by atoms with van der Waals surface area (Å²) >= 11 is 0. The minimum Gasteiger partial charge on any atom is -0.376 e. The molecule has 4 nitrogen and oxygen atoms in total. The van der Waals surface area contributed by atoms with Gasteiger partial charge in [-0.15, -0.1) is 0 Å². The monoisotopic (exact) mass is 289 g/mol. The molecule has 1 fully saturated rings. The summed E-state index contributed by atoms with van der Waals surface area (Å²) < 4.78 is 0. The number of amides is 1. The van der Waals surface area contributed by atoms with Crippen LogP contribution in [-0.2, 0) is 4.79 Å². The molecule has 0 radical (unpaired) electrons. The predicted octanol–water partition coefficient (Wildman–Crippen LogP) is 2.43. The first kappa shape index (κ1) is 15.8. The predicted molar refractivity (Wildman–Crippen MR) is 87.5 cm³/mol. The van der Waals surface area contributed by atoms with Gasteiger partial charge in [0.25, 0.3) is 0 Å². The van der Waals surface area contributed by atoms with Crippen LogP contribution in [-0.4, -0.2) is 54.5 Å². The smallest absolute Gasteiger partial charge is 0.241 e. The van der Waals surface area contributed by atoms with E-state index >= 15 is 0 Å². The van der Waals surface area contributed by atoms with Crippen LogP contribution in [0.25, 0.3) is 0 Å². The molecule has 0 unspecified atom stereocenters. The lowest BCUT2D eigenvalue weighted by atomic mass is 10.0. The number of nitrogens with zero attached hydrogens (tertiary/aromatic N) is 2. The van der Waals surface area contributed by atoms with E-state index in [0.29, 0.717) is 12.6 Å². The molecule has 1 aromatic carbocycles. The van der Waals surface area contributed by atoms with Crippen LogP contribution >= 0.6 is 0 Å². The summed E-state index contributed by atoms with van der Waals surface area (Å²) in [6.45, 7) is 8.79. The van der Waals surface area contributed by atoms with Crippen molar-refractivity contribution in [2.45, 2.75) is 32.7 Å².